The van der Waals surface area contributed by atoms with Crippen LogP contribution in [0.25, 0.3) is 0 Å². The summed E-state index contributed by atoms with van der Waals surface area (Å²) in [6, 6.07) is 3.79. The first-order valence-corrected chi connectivity index (χ1v) is 5.19. The van der Waals surface area contributed by atoms with E-state index in [-0.39, 0.29) is 0 Å². The van der Waals surface area contributed by atoms with Crippen molar-refractivity contribution in [3.8, 4) is 0 Å². The molecule has 16 heavy (non-hydrogen) atoms. The summed E-state index contributed by atoms with van der Waals surface area (Å²) < 4.78 is 5.04. The lowest BCUT2D eigenvalue weighted by molar-refractivity contribution is 0.205. The topological polar surface area (TPSA) is 64.3 Å². The van der Waals surface area contributed by atoms with Crippen molar-refractivity contribution in [1.29, 1.82) is 0 Å². The standard InChI is InChI=1S/C11H18N4O/c1-3-6-15(7-8-16-2)11-5-4-10(9-12)13-14-11/h3-5H,1,6-9,12H2,2H3. The molecule has 0 aliphatic heterocycles. The monoisotopic (exact) mass is 222 g/mol. The number of aromatic nitrogens is 2. The maximum atomic E-state index is 5.46. The van der Waals surface area contributed by atoms with Crippen LogP contribution < -0.4 is 10.6 Å². The Kier molecular flexibility index (Phi) is 5.45. The van der Waals surface area contributed by atoms with Crippen molar-refractivity contribution in [3.63, 3.8) is 0 Å². The summed E-state index contributed by atoms with van der Waals surface area (Å²) in [5.74, 6) is 0.814. The molecular formula is C11H18N4O. The molecule has 0 spiro atoms. The summed E-state index contributed by atoms with van der Waals surface area (Å²) in [6.45, 7) is 6.26. The van der Waals surface area contributed by atoms with E-state index in [4.69, 9.17) is 10.5 Å². The number of nitrogens with two attached hydrogens (primary N) is 1. The molecule has 0 aromatic carbocycles. The maximum absolute atomic E-state index is 5.46. The number of nitrogens with zero attached hydrogens (tertiary/aromatic N) is 3. The molecular weight excluding hydrogens is 204 g/mol. The van der Waals surface area contributed by atoms with Gasteiger partial charge >= 0.3 is 0 Å². The minimum Gasteiger partial charge on any atom is -0.383 e. The fourth-order valence-corrected chi connectivity index (χ4v) is 1.29. The molecule has 0 saturated heterocycles. The van der Waals surface area contributed by atoms with E-state index >= 15 is 0 Å². The normalized spacial score (nSPS) is 10.1. The van der Waals surface area contributed by atoms with Crippen molar-refractivity contribution in [1.82, 2.24) is 10.2 Å². The number of ether oxygens (including phenoxy) is 1. The Balaban J connectivity index is 2.70. The first-order chi connectivity index (χ1) is 7.81. The summed E-state index contributed by atoms with van der Waals surface area (Å²) >= 11 is 0. The average molecular weight is 222 g/mol. The van der Waals surface area contributed by atoms with Crippen molar-refractivity contribution in [3.05, 3.63) is 30.5 Å². The number of hydrogen-bond donors (Lipinski definition) is 1. The average Bonchev–Trinajstić information content (AvgIpc) is 2.35. The third-order valence-electron chi connectivity index (χ3n) is 2.15. The Hall–Kier alpha value is -1.46. The second kappa shape index (κ2) is 6.92. The molecule has 2 N–H and O–H groups in total. The predicted octanol–water partition coefficient (Wildman–Crippen LogP) is 0.574. The SMILES string of the molecule is C=CCN(CCOC)c1ccc(CN)nn1. The first-order valence-electron chi connectivity index (χ1n) is 5.19. The second-order valence-corrected chi connectivity index (χ2v) is 3.31. The van der Waals surface area contributed by atoms with Crippen molar-refractivity contribution < 1.29 is 4.74 Å². The highest BCUT2D eigenvalue weighted by atomic mass is 16.5. The van der Waals surface area contributed by atoms with E-state index in [1.807, 2.05) is 23.1 Å². The van der Waals surface area contributed by atoms with E-state index < -0.39 is 0 Å². The minimum atomic E-state index is 0.410. The quantitative estimate of drug-likeness (QED) is 0.683. The zero-order valence-electron chi connectivity index (χ0n) is 9.59. The molecule has 0 radical (unpaired) electrons. The molecule has 1 aromatic heterocycles. The minimum absolute atomic E-state index is 0.410. The van der Waals surface area contributed by atoms with Crippen LogP contribution in [0.5, 0.6) is 0 Å². The molecule has 1 rings (SSSR count). The summed E-state index contributed by atoms with van der Waals surface area (Å²) in [5.41, 5.74) is 6.25. The van der Waals surface area contributed by atoms with Crippen LogP contribution in [-0.4, -0.2) is 37.0 Å². The predicted molar refractivity (Wildman–Crippen MR) is 64.2 cm³/mol. The fraction of sp³-hybridized carbons (Fsp3) is 0.455. The van der Waals surface area contributed by atoms with Crippen LogP contribution in [0, 0.1) is 0 Å². The molecule has 0 atom stereocenters. The zero-order valence-corrected chi connectivity index (χ0v) is 9.59. The molecule has 0 amide bonds. The van der Waals surface area contributed by atoms with Crippen molar-refractivity contribution in [2.24, 2.45) is 5.73 Å². The van der Waals surface area contributed by atoms with Crippen molar-refractivity contribution in [2.45, 2.75) is 6.54 Å². The lowest BCUT2D eigenvalue weighted by Gasteiger charge is -2.21. The van der Waals surface area contributed by atoms with Crippen LogP contribution >= 0.6 is 0 Å². The summed E-state index contributed by atoms with van der Waals surface area (Å²) in [4.78, 5) is 2.05. The molecule has 5 heteroatoms. The van der Waals surface area contributed by atoms with Crippen LogP contribution in [-0.2, 0) is 11.3 Å². The molecule has 1 heterocycles. The van der Waals surface area contributed by atoms with Gasteiger partial charge in [-0.15, -0.1) is 11.7 Å². The molecule has 0 aliphatic rings. The van der Waals surface area contributed by atoms with Crippen LogP contribution in [0.2, 0.25) is 0 Å². The Morgan fingerprint density at radius 2 is 2.31 bits per heavy atom. The number of methoxy groups -OCH3 is 1. The van der Waals surface area contributed by atoms with E-state index in [2.05, 4.69) is 16.8 Å². The van der Waals surface area contributed by atoms with Gasteiger partial charge in [-0.3, -0.25) is 0 Å². The van der Waals surface area contributed by atoms with Gasteiger partial charge in [0.25, 0.3) is 0 Å². The van der Waals surface area contributed by atoms with Crippen molar-refractivity contribution in [2.75, 3.05) is 31.7 Å². The van der Waals surface area contributed by atoms with E-state index in [0.717, 1.165) is 24.6 Å². The van der Waals surface area contributed by atoms with E-state index in [1.54, 1.807) is 7.11 Å². The Morgan fingerprint density at radius 3 is 2.81 bits per heavy atom. The van der Waals surface area contributed by atoms with E-state index in [9.17, 15) is 0 Å². The third kappa shape index (κ3) is 3.60. The molecule has 0 unspecified atom stereocenters. The van der Waals surface area contributed by atoms with Gasteiger partial charge in [0.2, 0.25) is 0 Å². The molecule has 88 valence electrons. The molecule has 0 saturated carbocycles. The van der Waals surface area contributed by atoms with Gasteiger partial charge in [-0.2, -0.15) is 5.10 Å². The smallest absolute Gasteiger partial charge is 0.151 e. The van der Waals surface area contributed by atoms with Gasteiger partial charge in [0.05, 0.1) is 12.3 Å². The van der Waals surface area contributed by atoms with Gasteiger partial charge in [0, 0.05) is 26.7 Å². The lowest BCUT2D eigenvalue weighted by atomic mass is 10.3. The van der Waals surface area contributed by atoms with Gasteiger partial charge in [-0.1, -0.05) is 6.08 Å². The van der Waals surface area contributed by atoms with Crippen LogP contribution in [0.3, 0.4) is 0 Å². The molecule has 0 fully saturated rings. The maximum Gasteiger partial charge on any atom is 0.151 e. The van der Waals surface area contributed by atoms with Crippen LogP contribution in [0.15, 0.2) is 24.8 Å². The highest BCUT2D eigenvalue weighted by Gasteiger charge is 2.06. The Morgan fingerprint density at radius 1 is 1.50 bits per heavy atom. The van der Waals surface area contributed by atoms with E-state index in [1.165, 1.54) is 0 Å². The number of anilines is 1. The molecule has 0 aliphatic carbocycles. The fourth-order valence-electron chi connectivity index (χ4n) is 1.29. The summed E-state index contributed by atoms with van der Waals surface area (Å²) in [6.07, 6.45) is 1.83. The Bertz CT molecular complexity index is 312. The number of rotatable bonds is 7. The molecule has 0 bridgehead atoms. The molecule has 5 nitrogen and oxygen atoms in total. The van der Waals surface area contributed by atoms with Gasteiger partial charge in [0.15, 0.2) is 5.82 Å². The first kappa shape index (κ1) is 12.6. The largest absolute Gasteiger partial charge is 0.383 e. The number of hydrogen-bond acceptors (Lipinski definition) is 5. The van der Waals surface area contributed by atoms with Crippen LogP contribution in [0.1, 0.15) is 5.69 Å². The highest BCUT2D eigenvalue weighted by Crippen LogP contribution is 2.08. The third-order valence-corrected chi connectivity index (χ3v) is 2.15. The molecule has 1 aromatic rings. The van der Waals surface area contributed by atoms with Gasteiger partial charge < -0.3 is 15.4 Å². The van der Waals surface area contributed by atoms with Gasteiger partial charge in [0.1, 0.15) is 0 Å². The van der Waals surface area contributed by atoms with Crippen molar-refractivity contribution >= 4 is 5.82 Å². The van der Waals surface area contributed by atoms with Gasteiger partial charge in [-0.05, 0) is 12.1 Å². The lowest BCUT2D eigenvalue weighted by Crippen LogP contribution is -2.28. The highest BCUT2D eigenvalue weighted by molar-refractivity contribution is 5.38. The van der Waals surface area contributed by atoms with Crippen LogP contribution in [0.4, 0.5) is 5.82 Å². The van der Waals surface area contributed by atoms with Gasteiger partial charge in [-0.25, -0.2) is 0 Å². The summed E-state index contributed by atoms with van der Waals surface area (Å²) in [7, 11) is 1.68. The Labute approximate surface area is 95.9 Å². The summed E-state index contributed by atoms with van der Waals surface area (Å²) in [5, 5.41) is 8.13. The van der Waals surface area contributed by atoms with E-state index in [0.29, 0.717) is 13.2 Å². The zero-order chi connectivity index (χ0) is 11.8. The second-order valence-electron chi connectivity index (χ2n) is 3.31.